The molecule has 2 N–H and O–H groups in total. The monoisotopic (exact) mass is 413 g/mol. The molecule has 5 aromatic rings. The van der Waals surface area contributed by atoms with Crippen LogP contribution >= 0.6 is 0 Å². The smallest absolute Gasteiger partial charge is 0.209 e. The summed E-state index contributed by atoms with van der Waals surface area (Å²) in [5.41, 5.74) is 5.01. The first-order valence-corrected chi connectivity index (χ1v) is 10.1. The average Bonchev–Trinajstić information content (AvgIpc) is 3.46. The van der Waals surface area contributed by atoms with E-state index in [1.807, 2.05) is 40.9 Å². The Labute approximate surface area is 179 Å². The molecule has 31 heavy (non-hydrogen) atoms. The lowest BCUT2D eigenvalue weighted by atomic mass is 10.1. The highest BCUT2D eigenvalue weighted by atomic mass is 16.5. The SMILES string of the molecule is COc1ccc(-c2cc3nccn3c(NCCc3c[nH]c4ccccc34)n2)cc1OC. The van der Waals surface area contributed by atoms with Gasteiger partial charge in [0.25, 0.3) is 0 Å². The van der Waals surface area contributed by atoms with E-state index in [-0.39, 0.29) is 0 Å². The molecule has 0 aliphatic heterocycles. The molecular formula is C24H23N5O2. The first-order chi connectivity index (χ1) is 15.3. The molecule has 5 rings (SSSR count). The minimum Gasteiger partial charge on any atom is -0.493 e. The Bertz CT molecular complexity index is 1350. The standard InChI is InChI=1S/C24H23N5O2/c1-30-21-8-7-16(13-22(21)31-2)20-14-23-25-11-12-29(23)24(28-20)26-10-9-17-15-27-19-6-4-3-5-18(17)19/h3-8,11-15,27H,9-10H2,1-2H3,(H,26,28). The third-order valence-corrected chi connectivity index (χ3v) is 5.42. The molecule has 156 valence electrons. The third-order valence-electron chi connectivity index (χ3n) is 5.42. The lowest BCUT2D eigenvalue weighted by molar-refractivity contribution is 0.355. The topological polar surface area (TPSA) is 76.5 Å². The van der Waals surface area contributed by atoms with Gasteiger partial charge in [-0.2, -0.15) is 0 Å². The number of hydrogen-bond acceptors (Lipinski definition) is 5. The summed E-state index contributed by atoms with van der Waals surface area (Å²) in [6, 6.07) is 16.1. The van der Waals surface area contributed by atoms with Crippen molar-refractivity contribution in [2.24, 2.45) is 0 Å². The van der Waals surface area contributed by atoms with Crippen molar-refractivity contribution in [3.63, 3.8) is 0 Å². The van der Waals surface area contributed by atoms with Crippen molar-refractivity contribution in [3.05, 3.63) is 72.7 Å². The molecule has 0 unspecified atom stereocenters. The molecule has 0 spiro atoms. The van der Waals surface area contributed by atoms with Crippen LogP contribution in [0.5, 0.6) is 11.5 Å². The summed E-state index contributed by atoms with van der Waals surface area (Å²) in [6.07, 6.45) is 6.64. The number of aromatic amines is 1. The van der Waals surface area contributed by atoms with Crippen molar-refractivity contribution in [2.75, 3.05) is 26.1 Å². The van der Waals surface area contributed by atoms with Crippen molar-refractivity contribution in [1.29, 1.82) is 0 Å². The van der Waals surface area contributed by atoms with Gasteiger partial charge in [-0.25, -0.2) is 9.97 Å². The zero-order chi connectivity index (χ0) is 21.2. The van der Waals surface area contributed by atoms with Gasteiger partial charge in [-0.15, -0.1) is 0 Å². The average molecular weight is 413 g/mol. The van der Waals surface area contributed by atoms with Crippen molar-refractivity contribution < 1.29 is 9.47 Å². The maximum atomic E-state index is 5.45. The fourth-order valence-electron chi connectivity index (χ4n) is 3.84. The number of benzene rings is 2. The fraction of sp³-hybridized carbons (Fsp3) is 0.167. The van der Waals surface area contributed by atoms with E-state index in [9.17, 15) is 0 Å². The molecule has 2 aromatic carbocycles. The molecule has 0 aliphatic rings. The van der Waals surface area contributed by atoms with Crippen LogP contribution in [0.4, 0.5) is 5.95 Å². The van der Waals surface area contributed by atoms with E-state index in [0.29, 0.717) is 11.5 Å². The minimum absolute atomic E-state index is 0.666. The van der Waals surface area contributed by atoms with Crippen LogP contribution in [-0.2, 0) is 6.42 Å². The number of ether oxygens (including phenoxy) is 2. The lowest BCUT2D eigenvalue weighted by Crippen LogP contribution is -2.10. The molecule has 0 atom stereocenters. The second kappa shape index (κ2) is 8.02. The van der Waals surface area contributed by atoms with Crippen molar-refractivity contribution in [2.45, 2.75) is 6.42 Å². The largest absolute Gasteiger partial charge is 0.493 e. The van der Waals surface area contributed by atoms with Gasteiger partial charge in [0.15, 0.2) is 11.5 Å². The summed E-state index contributed by atoms with van der Waals surface area (Å²) in [4.78, 5) is 12.7. The second-order valence-corrected chi connectivity index (χ2v) is 7.23. The van der Waals surface area contributed by atoms with Crippen LogP contribution in [0, 0.1) is 0 Å². The molecule has 0 fully saturated rings. The van der Waals surface area contributed by atoms with Crippen molar-refractivity contribution in [1.82, 2.24) is 19.4 Å². The van der Waals surface area contributed by atoms with Crippen molar-refractivity contribution in [3.8, 4) is 22.8 Å². The van der Waals surface area contributed by atoms with E-state index in [0.717, 1.165) is 41.3 Å². The molecule has 7 nitrogen and oxygen atoms in total. The van der Waals surface area contributed by atoms with Crippen LogP contribution < -0.4 is 14.8 Å². The van der Waals surface area contributed by atoms with Crippen LogP contribution in [0.25, 0.3) is 27.8 Å². The third kappa shape index (κ3) is 3.54. The van der Waals surface area contributed by atoms with Gasteiger partial charge in [0, 0.05) is 47.7 Å². The normalized spacial score (nSPS) is 11.2. The number of aromatic nitrogens is 4. The van der Waals surface area contributed by atoms with Crippen LogP contribution in [0.3, 0.4) is 0 Å². The summed E-state index contributed by atoms with van der Waals surface area (Å²) in [6.45, 7) is 0.748. The highest BCUT2D eigenvalue weighted by Gasteiger charge is 2.12. The van der Waals surface area contributed by atoms with E-state index in [2.05, 4.69) is 39.7 Å². The van der Waals surface area contributed by atoms with E-state index in [4.69, 9.17) is 14.5 Å². The number of imidazole rings is 1. The fourth-order valence-corrected chi connectivity index (χ4v) is 3.84. The molecule has 0 radical (unpaired) electrons. The van der Waals surface area contributed by atoms with E-state index in [1.54, 1.807) is 20.4 Å². The van der Waals surface area contributed by atoms with Gasteiger partial charge in [-0.1, -0.05) is 18.2 Å². The predicted molar refractivity (Wildman–Crippen MR) is 122 cm³/mol. The number of rotatable bonds is 7. The van der Waals surface area contributed by atoms with E-state index in [1.165, 1.54) is 10.9 Å². The van der Waals surface area contributed by atoms with Crippen LogP contribution in [0.2, 0.25) is 0 Å². The molecule has 7 heteroatoms. The van der Waals surface area contributed by atoms with Gasteiger partial charge < -0.3 is 19.8 Å². The number of H-pyrrole nitrogens is 1. The molecule has 0 bridgehead atoms. The van der Waals surface area contributed by atoms with Gasteiger partial charge in [0.1, 0.15) is 5.65 Å². The Morgan fingerprint density at radius 2 is 1.90 bits per heavy atom. The summed E-state index contributed by atoms with van der Waals surface area (Å²) in [5, 5.41) is 4.73. The number of para-hydroxylation sites is 1. The van der Waals surface area contributed by atoms with Crippen LogP contribution in [-0.4, -0.2) is 40.1 Å². The number of nitrogens with one attached hydrogen (secondary N) is 2. The molecule has 3 heterocycles. The predicted octanol–water partition coefficient (Wildman–Crippen LogP) is 4.55. The lowest BCUT2D eigenvalue weighted by Gasteiger charge is -2.12. The Hall–Kier alpha value is -4.00. The Balaban J connectivity index is 1.43. The quantitative estimate of drug-likeness (QED) is 0.409. The summed E-state index contributed by atoms with van der Waals surface area (Å²) >= 11 is 0. The molecule has 3 aromatic heterocycles. The zero-order valence-electron chi connectivity index (χ0n) is 17.4. The maximum Gasteiger partial charge on any atom is 0.209 e. The van der Waals surface area contributed by atoms with Crippen LogP contribution in [0.1, 0.15) is 5.56 Å². The number of hydrogen-bond donors (Lipinski definition) is 2. The Morgan fingerprint density at radius 1 is 1.03 bits per heavy atom. The molecule has 0 saturated carbocycles. The summed E-state index contributed by atoms with van der Waals surface area (Å²) in [7, 11) is 3.26. The summed E-state index contributed by atoms with van der Waals surface area (Å²) < 4.78 is 12.8. The summed E-state index contributed by atoms with van der Waals surface area (Å²) in [5.74, 6) is 2.10. The molecular weight excluding hydrogens is 390 g/mol. The Kier molecular flexibility index (Phi) is 4.92. The highest BCUT2D eigenvalue weighted by molar-refractivity contribution is 5.83. The number of anilines is 1. The van der Waals surface area contributed by atoms with Gasteiger partial charge in [0.05, 0.1) is 19.9 Å². The molecule has 0 amide bonds. The number of nitrogens with zero attached hydrogens (tertiary/aromatic N) is 3. The van der Waals surface area contributed by atoms with Crippen molar-refractivity contribution >= 4 is 22.5 Å². The van der Waals surface area contributed by atoms with E-state index < -0.39 is 0 Å². The second-order valence-electron chi connectivity index (χ2n) is 7.23. The first kappa shape index (κ1) is 19.0. The molecule has 0 saturated heterocycles. The number of methoxy groups -OCH3 is 2. The van der Waals surface area contributed by atoms with Gasteiger partial charge in [-0.05, 0) is 36.2 Å². The number of fused-ring (bicyclic) bond motifs is 2. The van der Waals surface area contributed by atoms with E-state index >= 15 is 0 Å². The van der Waals surface area contributed by atoms with Gasteiger partial charge in [-0.3, -0.25) is 4.40 Å². The minimum atomic E-state index is 0.666. The Morgan fingerprint density at radius 3 is 2.77 bits per heavy atom. The van der Waals surface area contributed by atoms with Gasteiger partial charge in [0.2, 0.25) is 5.95 Å². The van der Waals surface area contributed by atoms with Crippen LogP contribution in [0.15, 0.2) is 67.1 Å². The zero-order valence-corrected chi connectivity index (χ0v) is 17.4. The van der Waals surface area contributed by atoms with Gasteiger partial charge >= 0.3 is 0 Å². The molecule has 0 aliphatic carbocycles. The first-order valence-electron chi connectivity index (χ1n) is 10.1. The highest BCUT2D eigenvalue weighted by Crippen LogP contribution is 2.32. The maximum absolute atomic E-state index is 5.45.